The third-order valence-corrected chi connectivity index (χ3v) is 4.49. The molecule has 0 bridgehead atoms. The van der Waals surface area contributed by atoms with Crippen LogP contribution in [-0.4, -0.2) is 31.8 Å². The molecule has 0 saturated heterocycles. The Morgan fingerprint density at radius 3 is 2.76 bits per heavy atom. The Hall–Kier alpha value is -1.59. The van der Waals surface area contributed by atoms with Gasteiger partial charge in [-0.3, -0.25) is 0 Å². The lowest BCUT2D eigenvalue weighted by Gasteiger charge is -2.08. The lowest BCUT2D eigenvalue weighted by Crippen LogP contribution is -2.19. The van der Waals surface area contributed by atoms with E-state index in [0.29, 0.717) is 0 Å². The second-order valence-electron chi connectivity index (χ2n) is 5.17. The first kappa shape index (κ1) is 14.4. The van der Waals surface area contributed by atoms with Crippen molar-refractivity contribution in [2.75, 3.05) is 20.8 Å². The molecule has 0 unspecified atom stereocenters. The van der Waals surface area contributed by atoms with Crippen LogP contribution in [0, 0.1) is 0 Å². The van der Waals surface area contributed by atoms with Crippen LogP contribution in [0.5, 0.6) is 11.5 Å². The van der Waals surface area contributed by atoms with E-state index >= 15 is 0 Å². The molecule has 2 aromatic rings. The van der Waals surface area contributed by atoms with Gasteiger partial charge in [0, 0.05) is 30.0 Å². The van der Waals surface area contributed by atoms with E-state index in [1.807, 2.05) is 18.2 Å². The molecule has 1 saturated carbocycles. The smallest absolute Gasteiger partial charge is 0.161 e. The molecule has 1 heterocycles. The van der Waals surface area contributed by atoms with Gasteiger partial charge < -0.3 is 14.8 Å². The highest BCUT2D eigenvalue weighted by atomic mass is 32.1. The fraction of sp³-hybridized carbons (Fsp3) is 0.438. The van der Waals surface area contributed by atoms with E-state index in [4.69, 9.17) is 14.5 Å². The van der Waals surface area contributed by atoms with Crippen LogP contribution < -0.4 is 14.8 Å². The molecule has 1 N–H and O–H groups in total. The molecule has 3 rings (SSSR count). The summed E-state index contributed by atoms with van der Waals surface area (Å²) in [6.07, 6.45) is 3.65. The minimum absolute atomic E-state index is 0.736. The van der Waals surface area contributed by atoms with Crippen LogP contribution in [0.1, 0.15) is 17.8 Å². The summed E-state index contributed by atoms with van der Waals surface area (Å²) in [6.45, 7) is 1.02. The number of hydrogen-bond acceptors (Lipinski definition) is 5. The van der Waals surface area contributed by atoms with E-state index in [0.717, 1.165) is 41.8 Å². The van der Waals surface area contributed by atoms with Crippen molar-refractivity contribution < 1.29 is 9.47 Å². The summed E-state index contributed by atoms with van der Waals surface area (Å²) in [6, 6.07) is 6.67. The predicted molar refractivity (Wildman–Crippen MR) is 85.4 cm³/mol. The van der Waals surface area contributed by atoms with Crippen LogP contribution in [0.4, 0.5) is 0 Å². The van der Waals surface area contributed by atoms with Gasteiger partial charge in [-0.15, -0.1) is 11.3 Å². The number of nitrogens with one attached hydrogen (secondary N) is 1. The lowest BCUT2D eigenvalue weighted by molar-refractivity contribution is 0.355. The van der Waals surface area contributed by atoms with Gasteiger partial charge in [0.2, 0.25) is 0 Å². The monoisotopic (exact) mass is 304 g/mol. The molecular formula is C16H20N2O2S. The van der Waals surface area contributed by atoms with Gasteiger partial charge in [0.25, 0.3) is 0 Å². The summed E-state index contributed by atoms with van der Waals surface area (Å²) in [4.78, 5) is 4.71. The van der Waals surface area contributed by atoms with Gasteiger partial charge in [0.1, 0.15) is 0 Å². The van der Waals surface area contributed by atoms with E-state index in [2.05, 4.69) is 10.7 Å². The molecule has 0 radical (unpaired) electrons. The Labute approximate surface area is 129 Å². The summed E-state index contributed by atoms with van der Waals surface area (Å²) in [5, 5.41) is 6.80. The van der Waals surface area contributed by atoms with E-state index < -0.39 is 0 Å². The van der Waals surface area contributed by atoms with Crippen LogP contribution in [0.25, 0.3) is 11.3 Å². The SMILES string of the molecule is COc1ccc(-c2csc(CCNC3CC3)n2)cc1OC. The van der Waals surface area contributed by atoms with Crippen molar-refractivity contribution in [3.63, 3.8) is 0 Å². The summed E-state index contributed by atoms with van der Waals surface area (Å²) in [5.74, 6) is 1.48. The first-order valence-electron chi connectivity index (χ1n) is 7.20. The first-order chi connectivity index (χ1) is 10.3. The Bertz CT molecular complexity index is 608. The minimum Gasteiger partial charge on any atom is -0.493 e. The Balaban J connectivity index is 1.69. The number of hydrogen-bond donors (Lipinski definition) is 1. The molecule has 1 aromatic heterocycles. The highest BCUT2D eigenvalue weighted by Crippen LogP contribution is 2.32. The normalized spacial score (nSPS) is 14.2. The van der Waals surface area contributed by atoms with Crippen LogP contribution in [0.15, 0.2) is 23.6 Å². The number of benzene rings is 1. The zero-order valence-corrected chi connectivity index (χ0v) is 13.2. The Morgan fingerprint density at radius 1 is 1.24 bits per heavy atom. The van der Waals surface area contributed by atoms with Crippen molar-refractivity contribution in [3.05, 3.63) is 28.6 Å². The minimum atomic E-state index is 0.736. The highest BCUT2D eigenvalue weighted by Gasteiger charge is 2.19. The average Bonchev–Trinajstić information content (AvgIpc) is 3.22. The van der Waals surface area contributed by atoms with Gasteiger partial charge >= 0.3 is 0 Å². The van der Waals surface area contributed by atoms with Crippen LogP contribution in [0.3, 0.4) is 0 Å². The fourth-order valence-corrected chi connectivity index (χ4v) is 3.03. The van der Waals surface area contributed by atoms with Crippen LogP contribution in [-0.2, 0) is 6.42 Å². The summed E-state index contributed by atoms with van der Waals surface area (Å²) >= 11 is 1.72. The largest absolute Gasteiger partial charge is 0.493 e. The topological polar surface area (TPSA) is 43.4 Å². The molecule has 112 valence electrons. The van der Waals surface area contributed by atoms with Crippen molar-refractivity contribution >= 4 is 11.3 Å². The molecule has 4 nitrogen and oxygen atoms in total. The van der Waals surface area contributed by atoms with Crippen LogP contribution >= 0.6 is 11.3 Å². The van der Waals surface area contributed by atoms with Gasteiger partial charge in [-0.25, -0.2) is 4.98 Å². The molecule has 1 aromatic carbocycles. The Morgan fingerprint density at radius 2 is 2.05 bits per heavy atom. The molecule has 0 spiro atoms. The van der Waals surface area contributed by atoms with Gasteiger partial charge in [-0.05, 0) is 31.0 Å². The predicted octanol–water partition coefficient (Wildman–Crippen LogP) is 3.12. The summed E-state index contributed by atoms with van der Waals surface area (Å²) in [5.41, 5.74) is 2.06. The third kappa shape index (κ3) is 3.54. The highest BCUT2D eigenvalue weighted by molar-refractivity contribution is 7.09. The third-order valence-electron chi connectivity index (χ3n) is 3.58. The van der Waals surface area contributed by atoms with E-state index in [9.17, 15) is 0 Å². The van der Waals surface area contributed by atoms with E-state index in [1.165, 1.54) is 17.8 Å². The van der Waals surface area contributed by atoms with Crippen molar-refractivity contribution in [3.8, 4) is 22.8 Å². The molecule has 1 fully saturated rings. The van der Waals surface area contributed by atoms with Crippen molar-refractivity contribution in [2.45, 2.75) is 25.3 Å². The zero-order valence-electron chi connectivity index (χ0n) is 12.4. The molecular weight excluding hydrogens is 284 g/mol. The molecule has 1 aliphatic carbocycles. The maximum Gasteiger partial charge on any atom is 0.161 e. The van der Waals surface area contributed by atoms with Gasteiger partial charge in [0.15, 0.2) is 11.5 Å². The molecule has 1 aliphatic rings. The van der Waals surface area contributed by atoms with E-state index in [-0.39, 0.29) is 0 Å². The van der Waals surface area contributed by atoms with Crippen molar-refractivity contribution in [2.24, 2.45) is 0 Å². The number of methoxy groups -OCH3 is 2. The number of nitrogens with zero attached hydrogens (tertiary/aromatic N) is 1. The van der Waals surface area contributed by atoms with Gasteiger partial charge in [0.05, 0.1) is 24.9 Å². The second kappa shape index (κ2) is 6.45. The first-order valence-corrected chi connectivity index (χ1v) is 8.08. The lowest BCUT2D eigenvalue weighted by atomic mass is 10.1. The average molecular weight is 304 g/mol. The van der Waals surface area contributed by atoms with Crippen molar-refractivity contribution in [1.82, 2.24) is 10.3 Å². The van der Waals surface area contributed by atoms with Crippen LogP contribution in [0.2, 0.25) is 0 Å². The zero-order chi connectivity index (χ0) is 14.7. The number of ether oxygens (including phenoxy) is 2. The number of rotatable bonds is 7. The maximum absolute atomic E-state index is 5.34. The number of aromatic nitrogens is 1. The number of thiazole rings is 1. The fourth-order valence-electron chi connectivity index (χ4n) is 2.22. The van der Waals surface area contributed by atoms with E-state index in [1.54, 1.807) is 25.6 Å². The second-order valence-corrected chi connectivity index (χ2v) is 6.12. The van der Waals surface area contributed by atoms with Gasteiger partial charge in [-0.1, -0.05) is 0 Å². The Kier molecular flexibility index (Phi) is 4.41. The summed E-state index contributed by atoms with van der Waals surface area (Å²) < 4.78 is 10.6. The quantitative estimate of drug-likeness (QED) is 0.853. The standard InChI is InChI=1S/C16H20N2O2S/c1-19-14-6-3-11(9-15(14)20-2)13-10-21-16(18-13)7-8-17-12-4-5-12/h3,6,9-10,12,17H,4-5,7-8H2,1-2H3. The molecule has 0 aliphatic heterocycles. The summed E-state index contributed by atoms with van der Waals surface area (Å²) in [7, 11) is 3.29. The molecule has 0 amide bonds. The van der Waals surface area contributed by atoms with Crippen molar-refractivity contribution in [1.29, 1.82) is 0 Å². The molecule has 5 heteroatoms. The molecule has 0 atom stereocenters. The maximum atomic E-state index is 5.34. The molecule has 21 heavy (non-hydrogen) atoms. The van der Waals surface area contributed by atoms with Gasteiger partial charge in [-0.2, -0.15) is 0 Å².